The second-order valence-corrected chi connectivity index (χ2v) is 9.71. The lowest BCUT2D eigenvalue weighted by Crippen LogP contribution is -2.24. The molecule has 4 aromatic rings. The van der Waals surface area contributed by atoms with Crippen LogP contribution in [0.15, 0.2) is 54.9 Å². The number of nitrogens with zero attached hydrogens (tertiary/aromatic N) is 4. The molecule has 2 N–H and O–H groups in total. The van der Waals surface area contributed by atoms with Crippen LogP contribution >= 0.6 is 0 Å². The van der Waals surface area contributed by atoms with Crippen LogP contribution in [0.1, 0.15) is 63.1 Å². The van der Waals surface area contributed by atoms with Crippen molar-refractivity contribution in [1.29, 1.82) is 0 Å². The zero-order chi connectivity index (χ0) is 23.5. The minimum absolute atomic E-state index is 0.282. The van der Waals surface area contributed by atoms with Crippen molar-refractivity contribution in [3.63, 3.8) is 0 Å². The van der Waals surface area contributed by atoms with E-state index in [1.165, 1.54) is 54.4 Å². The van der Waals surface area contributed by atoms with Crippen LogP contribution in [0.4, 0.5) is 11.8 Å². The fraction of sp³-hybridized carbons (Fsp3) is 0.393. The lowest BCUT2D eigenvalue weighted by atomic mass is 9.96. The Hall–Kier alpha value is -3.41. The average Bonchev–Trinajstić information content (AvgIpc) is 3.28. The van der Waals surface area contributed by atoms with Gasteiger partial charge in [-0.05, 0) is 50.3 Å². The number of imidazole rings is 1. The molecule has 0 radical (unpaired) electrons. The third-order valence-electron chi connectivity index (χ3n) is 6.68. The molecule has 0 saturated heterocycles. The Morgan fingerprint density at radius 2 is 1.76 bits per heavy atom. The molecule has 6 nitrogen and oxygen atoms in total. The van der Waals surface area contributed by atoms with Crippen LogP contribution in [-0.4, -0.2) is 25.6 Å². The van der Waals surface area contributed by atoms with E-state index >= 15 is 0 Å². The first kappa shape index (κ1) is 22.4. The molecular formula is C28H34N6. The number of hydrogen-bond acceptors (Lipinski definition) is 5. The van der Waals surface area contributed by atoms with Gasteiger partial charge >= 0.3 is 0 Å². The molecule has 1 saturated carbocycles. The van der Waals surface area contributed by atoms with Crippen molar-refractivity contribution in [3.05, 3.63) is 66.0 Å². The van der Waals surface area contributed by atoms with Crippen molar-refractivity contribution in [1.82, 2.24) is 19.5 Å². The van der Waals surface area contributed by atoms with E-state index in [-0.39, 0.29) is 6.04 Å². The maximum Gasteiger partial charge on any atom is 0.227 e. The predicted molar refractivity (Wildman–Crippen MR) is 140 cm³/mol. The van der Waals surface area contributed by atoms with Gasteiger partial charge in [0.2, 0.25) is 5.95 Å². The van der Waals surface area contributed by atoms with E-state index in [0.29, 0.717) is 18.5 Å². The normalized spacial score (nSPS) is 14.6. The van der Waals surface area contributed by atoms with Crippen molar-refractivity contribution < 1.29 is 0 Å². The highest BCUT2D eigenvalue weighted by molar-refractivity contribution is 5.84. The molecule has 176 valence electrons. The zero-order valence-electron chi connectivity index (χ0n) is 20.4. The number of nitrogens with one attached hydrogen (secondary N) is 2. The highest BCUT2D eigenvalue weighted by Gasteiger charge is 2.18. The van der Waals surface area contributed by atoms with Crippen molar-refractivity contribution in [2.45, 2.75) is 71.5 Å². The van der Waals surface area contributed by atoms with E-state index < -0.39 is 0 Å². The van der Waals surface area contributed by atoms with Gasteiger partial charge in [-0.25, -0.2) is 4.98 Å². The summed E-state index contributed by atoms with van der Waals surface area (Å²) in [6, 6.07) is 18.1. The maximum absolute atomic E-state index is 4.86. The lowest BCUT2D eigenvalue weighted by molar-refractivity contribution is 0.461. The molecule has 0 atom stereocenters. The van der Waals surface area contributed by atoms with Gasteiger partial charge in [0.15, 0.2) is 17.0 Å². The SMILES string of the molecule is Cc1cccc(-c2ccc(CNc3nc(NC4CCCCC4)nc4c3ncn4C(C)C)cc2)c1. The van der Waals surface area contributed by atoms with Crippen LogP contribution in [0.2, 0.25) is 0 Å². The molecule has 0 bridgehead atoms. The van der Waals surface area contributed by atoms with Crippen molar-refractivity contribution in [3.8, 4) is 11.1 Å². The van der Waals surface area contributed by atoms with E-state index in [4.69, 9.17) is 9.97 Å². The van der Waals surface area contributed by atoms with Crippen LogP contribution in [-0.2, 0) is 6.54 Å². The lowest BCUT2D eigenvalue weighted by Gasteiger charge is -2.23. The second kappa shape index (κ2) is 9.84. The highest BCUT2D eigenvalue weighted by Crippen LogP contribution is 2.27. The van der Waals surface area contributed by atoms with Gasteiger partial charge in [0.1, 0.15) is 0 Å². The van der Waals surface area contributed by atoms with Gasteiger partial charge in [0.05, 0.1) is 6.33 Å². The molecular weight excluding hydrogens is 420 g/mol. The quantitative estimate of drug-likeness (QED) is 0.324. The minimum Gasteiger partial charge on any atom is -0.364 e. The fourth-order valence-electron chi connectivity index (χ4n) is 4.74. The van der Waals surface area contributed by atoms with E-state index in [1.54, 1.807) is 0 Å². The molecule has 6 heteroatoms. The smallest absolute Gasteiger partial charge is 0.227 e. The molecule has 1 aliphatic carbocycles. The number of hydrogen-bond donors (Lipinski definition) is 2. The average molecular weight is 455 g/mol. The number of fused-ring (bicyclic) bond motifs is 1. The molecule has 0 amide bonds. The van der Waals surface area contributed by atoms with Gasteiger partial charge in [0, 0.05) is 18.6 Å². The van der Waals surface area contributed by atoms with E-state index in [2.05, 4.69) is 89.5 Å². The Morgan fingerprint density at radius 1 is 0.971 bits per heavy atom. The van der Waals surface area contributed by atoms with E-state index in [1.807, 2.05) is 6.33 Å². The zero-order valence-corrected chi connectivity index (χ0v) is 20.4. The van der Waals surface area contributed by atoms with E-state index in [9.17, 15) is 0 Å². The van der Waals surface area contributed by atoms with Crippen LogP contribution in [0.5, 0.6) is 0 Å². The molecule has 5 rings (SSSR count). The fourth-order valence-corrected chi connectivity index (χ4v) is 4.74. The number of aryl methyl sites for hydroxylation is 1. The summed E-state index contributed by atoms with van der Waals surface area (Å²) in [4.78, 5) is 14.4. The number of aromatic nitrogens is 4. The van der Waals surface area contributed by atoms with Gasteiger partial charge in [-0.3, -0.25) is 0 Å². The summed E-state index contributed by atoms with van der Waals surface area (Å²) in [5, 5.41) is 7.13. The first-order valence-corrected chi connectivity index (χ1v) is 12.5. The summed E-state index contributed by atoms with van der Waals surface area (Å²) in [6.07, 6.45) is 8.10. The third kappa shape index (κ3) is 4.91. The first-order valence-electron chi connectivity index (χ1n) is 12.5. The van der Waals surface area contributed by atoms with Crippen LogP contribution in [0, 0.1) is 6.92 Å². The molecule has 34 heavy (non-hydrogen) atoms. The van der Waals surface area contributed by atoms with Crippen molar-refractivity contribution >= 4 is 22.9 Å². The van der Waals surface area contributed by atoms with Crippen molar-refractivity contribution in [2.24, 2.45) is 0 Å². The minimum atomic E-state index is 0.282. The van der Waals surface area contributed by atoms with Gasteiger partial charge in [-0.2, -0.15) is 9.97 Å². The summed E-state index contributed by atoms with van der Waals surface area (Å²) in [5.74, 6) is 1.48. The molecule has 2 heterocycles. The molecule has 1 aliphatic rings. The standard InChI is InChI=1S/C28H34N6/c1-19(2)34-18-30-25-26(32-28(33-27(25)34)31-24-10-5-4-6-11-24)29-17-21-12-14-22(15-13-21)23-9-7-8-20(3)16-23/h7-9,12-16,18-19,24H,4-6,10-11,17H2,1-3H3,(H2,29,31,32,33). The largest absolute Gasteiger partial charge is 0.364 e. The molecule has 2 aromatic carbocycles. The Kier molecular flexibility index (Phi) is 6.48. The van der Waals surface area contributed by atoms with Crippen LogP contribution in [0.3, 0.4) is 0 Å². The topological polar surface area (TPSA) is 67.7 Å². The molecule has 0 unspecified atom stereocenters. The summed E-state index contributed by atoms with van der Waals surface area (Å²) in [7, 11) is 0. The predicted octanol–water partition coefficient (Wildman–Crippen LogP) is 6.74. The van der Waals surface area contributed by atoms with Gasteiger partial charge < -0.3 is 15.2 Å². The molecule has 1 fully saturated rings. The van der Waals surface area contributed by atoms with Crippen molar-refractivity contribution in [2.75, 3.05) is 10.6 Å². The third-order valence-corrected chi connectivity index (χ3v) is 6.68. The number of rotatable bonds is 7. The maximum atomic E-state index is 4.86. The molecule has 0 spiro atoms. The van der Waals surface area contributed by atoms with Gasteiger partial charge in [-0.15, -0.1) is 0 Å². The highest BCUT2D eigenvalue weighted by atomic mass is 15.2. The molecule has 2 aromatic heterocycles. The second-order valence-electron chi connectivity index (χ2n) is 9.71. The Labute approximate surface area is 201 Å². The van der Waals surface area contributed by atoms with Gasteiger partial charge in [0.25, 0.3) is 0 Å². The summed E-state index contributed by atoms with van der Waals surface area (Å²) in [5.41, 5.74) is 6.64. The summed E-state index contributed by atoms with van der Waals surface area (Å²) < 4.78 is 2.12. The Balaban J connectivity index is 1.37. The Bertz CT molecular complexity index is 1250. The monoisotopic (exact) mass is 454 g/mol. The summed E-state index contributed by atoms with van der Waals surface area (Å²) in [6.45, 7) is 7.11. The Morgan fingerprint density at radius 3 is 2.50 bits per heavy atom. The molecule has 0 aliphatic heterocycles. The number of benzene rings is 2. The van der Waals surface area contributed by atoms with Crippen LogP contribution in [0.25, 0.3) is 22.3 Å². The summed E-state index contributed by atoms with van der Waals surface area (Å²) >= 11 is 0. The van der Waals surface area contributed by atoms with Gasteiger partial charge in [-0.1, -0.05) is 73.4 Å². The number of anilines is 2. The van der Waals surface area contributed by atoms with Crippen LogP contribution < -0.4 is 10.6 Å². The first-order chi connectivity index (χ1) is 16.6. The van der Waals surface area contributed by atoms with E-state index in [0.717, 1.165) is 17.0 Å².